The van der Waals surface area contributed by atoms with Crippen LogP contribution in [0.1, 0.15) is 18.7 Å². The SMILES string of the molecule is CNCC1(c2ncc(-c3ccc(OC)c(Br)c3)[nH]2)CC1. The highest BCUT2D eigenvalue weighted by Crippen LogP contribution is 2.46. The number of hydrogen-bond acceptors (Lipinski definition) is 3. The van der Waals surface area contributed by atoms with Crippen molar-refractivity contribution in [2.45, 2.75) is 18.3 Å². The van der Waals surface area contributed by atoms with Gasteiger partial charge in [0.15, 0.2) is 0 Å². The normalized spacial score (nSPS) is 16.1. The van der Waals surface area contributed by atoms with Gasteiger partial charge in [-0.1, -0.05) is 0 Å². The number of nitrogens with one attached hydrogen (secondary N) is 2. The Morgan fingerprint density at radius 3 is 2.85 bits per heavy atom. The van der Waals surface area contributed by atoms with Crippen LogP contribution in [0.2, 0.25) is 0 Å². The molecular formula is C15H18BrN3O. The van der Waals surface area contributed by atoms with Crippen LogP contribution in [0.15, 0.2) is 28.9 Å². The molecule has 106 valence electrons. The van der Waals surface area contributed by atoms with E-state index in [0.29, 0.717) is 0 Å². The minimum Gasteiger partial charge on any atom is -0.496 e. The number of H-pyrrole nitrogens is 1. The van der Waals surface area contributed by atoms with E-state index in [1.54, 1.807) is 7.11 Å². The average molecular weight is 336 g/mol. The predicted octanol–water partition coefficient (Wildman–Crippen LogP) is 3.10. The van der Waals surface area contributed by atoms with Gasteiger partial charge in [-0.2, -0.15) is 0 Å². The van der Waals surface area contributed by atoms with Crippen molar-refractivity contribution in [2.75, 3.05) is 20.7 Å². The lowest BCUT2D eigenvalue weighted by molar-refractivity contribution is 0.412. The summed E-state index contributed by atoms with van der Waals surface area (Å²) in [4.78, 5) is 8.04. The van der Waals surface area contributed by atoms with Crippen LogP contribution in [-0.2, 0) is 5.41 Å². The molecule has 1 aliphatic carbocycles. The summed E-state index contributed by atoms with van der Waals surface area (Å²) in [6.07, 6.45) is 4.32. The molecule has 1 aromatic carbocycles. The van der Waals surface area contributed by atoms with Crippen LogP contribution >= 0.6 is 15.9 Å². The van der Waals surface area contributed by atoms with Crippen LogP contribution in [0.25, 0.3) is 11.3 Å². The van der Waals surface area contributed by atoms with Crippen molar-refractivity contribution >= 4 is 15.9 Å². The van der Waals surface area contributed by atoms with Crippen LogP contribution in [0.5, 0.6) is 5.75 Å². The molecular weight excluding hydrogens is 318 g/mol. The van der Waals surface area contributed by atoms with Crippen molar-refractivity contribution in [3.63, 3.8) is 0 Å². The smallest absolute Gasteiger partial charge is 0.133 e. The number of likely N-dealkylation sites (N-methyl/N-ethyl adjacent to an activating group) is 1. The topological polar surface area (TPSA) is 49.9 Å². The van der Waals surface area contributed by atoms with Crippen molar-refractivity contribution < 1.29 is 4.74 Å². The van der Waals surface area contributed by atoms with Gasteiger partial charge in [0.2, 0.25) is 0 Å². The van der Waals surface area contributed by atoms with Crippen molar-refractivity contribution in [3.05, 3.63) is 34.7 Å². The lowest BCUT2D eigenvalue weighted by Gasteiger charge is -2.11. The molecule has 0 aliphatic heterocycles. The molecule has 1 aliphatic rings. The molecule has 0 radical (unpaired) electrons. The molecule has 4 nitrogen and oxygen atoms in total. The van der Waals surface area contributed by atoms with Gasteiger partial charge in [-0.3, -0.25) is 0 Å². The maximum absolute atomic E-state index is 5.26. The Bertz CT molecular complexity index is 619. The third-order valence-corrected chi connectivity index (χ3v) is 4.53. The first kappa shape index (κ1) is 13.6. The fourth-order valence-corrected chi connectivity index (χ4v) is 3.10. The molecule has 0 amide bonds. The monoisotopic (exact) mass is 335 g/mol. The molecule has 1 fully saturated rings. The molecule has 0 unspecified atom stereocenters. The van der Waals surface area contributed by atoms with E-state index in [2.05, 4.69) is 31.2 Å². The van der Waals surface area contributed by atoms with E-state index in [9.17, 15) is 0 Å². The average Bonchev–Trinajstić information content (AvgIpc) is 3.05. The Labute approximate surface area is 127 Å². The van der Waals surface area contributed by atoms with Gasteiger partial charge in [0.25, 0.3) is 0 Å². The summed E-state index contributed by atoms with van der Waals surface area (Å²) in [5, 5.41) is 3.26. The standard InChI is InChI=1S/C15H18BrN3O/c1-17-9-15(5-6-15)14-18-8-12(19-14)10-3-4-13(20-2)11(16)7-10/h3-4,7-8,17H,5-6,9H2,1-2H3,(H,18,19). The summed E-state index contributed by atoms with van der Waals surface area (Å²) >= 11 is 3.52. The summed E-state index contributed by atoms with van der Waals surface area (Å²) in [6.45, 7) is 0.978. The van der Waals surface area contributed by atoms with Gasteiger partial charge in [0.05, 0.1) is 23.5 Å². The lowest BCUT2D eigenvalue weighted by atomic mass is 10.1. The molecule has 5 heteroatoms. The number of hydrogen-bond donors (Lipinski definition) is 2. The maximum Gasteiger partial charge on any atom is 0.133 e. The number of benzene rings is 1. The zero-order chi connectivity index (χ0) is 14.2. The van der Waals surface area contributed by atoms with E-state index in [0.717, 1.165) is 33.8 Å². The molecule has 0 atom stereocenters. The molecule has 2 N–H and O–H groups in total. The van der Waals surface area contributed by atoms with E-state index in [1.807, 2.05) is 31.4 Å². The Morgan fingerprint density at radius 1 is 1.45 bits per heavy atom. The predicted molar refractivity (Wildman–Crippen MR) is 83.1 cm³/mol. The van der Waals surface area contributed by atoms with Crippen molar-refractivity contribution in [1.29, 1.82) is 0 Å². The molecule has 1 saturated carbocycles. The minimum absolute atomic E-state index is 0.219. The zero-order valence-corrected chi connectivity index (χ0v) is 13.3. The largest absolute Gasteiger partial charge is 0.496 e. The van der Waals surface area contributed by atoms with Crippen LogP contribution in [0.4, 0.5) is 0 Å². The number of halogens is 1. The number of ether oxygens (including phenoxy) is 1. The van der Waals surface area contributed by atoms with E-state index in [4.69, 9.17) is 4.74 Å². The lowest BCUT2D eigenvalue weighted by Crippen LogP contribution is -2.24. The number of rotatable bonds is 5. The summed E-state index contributed by atoms with van der Waals surface area (Å²) in [5.74, 6) is 1.93. The van der Waals surface area contributed by atoms with Gasteiger partial charge < -0.3 is 15.0 Å². The first-order chi connectivity index (χ1) is 9.68. The van der Waals surface area contributed by atoms with Gasteiger partial charge in [-0.25, -0.2) is 4.98 Å². The quantitative estimate of drug-likeness (QED) is 0.882. The van der Waals surface area contributed by atoms with E-state index in [1.165, 1.54) is 12.8 Å². The van der Waals surface area contributed by atoms with Gasteiger partial charge >= 0.3 is 0 Å². The highest BCUT2D eigenvalue weighted by Gasteiger charge is 2.46. The van der Waals surface area contributed by atoms with Gasteiger partial charge in [0.1, 0.15) is 11.6 Å². The van der Waals surface area contributed by atoms with E-state index >= 15 is 0 Å². The molecule has 1 heterocycles. The van der Waals surface area contributed by atoms with Crippen molar-refractivity contribution in [2.24, 2.45) is 0 Å². The number of imidazole rings is 1. The van der Waals surface area contributed by atoms with Gasteiger partial charge in [-0.05, 0) is 54.0 Å². The summed E-state index contributed by atoms with van der Waals surface area (Å²) in [5.41, 5.74) is 2.37. The Kier molecular flexibility index (Phi) is 3.56. The maximum atomic E-state index is 5.26. The fourth-order valence-electron chi connectivity index (χ4n) is 2.56. The second kappa shape index (κ2) is 5.22. The zero-order valence-electron chi connectivity index (χ0n) is 11.7. The van der Waals surface area contributed by atoms with Gasteiger partial charge in [0, 0.05) is 17.5 Å². The number of aromatic amines is 1. The third kappa shape index (κ3) is 2.36. The number of nitrogens with zero attached hydrogens (tertiary/aromatic N) is 1. The summed E-state index contributed by atoms with van der Waals surface area (Å²) < 4.78 is 6.21. The second-order valence-electron chi connectivity index (χ2n) is 5.31. The van der Waals surface area contributed by atoms with Crippen LogP contribution in [0, 0.1) is 0 Å². The second-order valence-corrected chi connectivity index (χ2v) is 6.16. The summed E-state index contributed by atoms with van der Waals surface area (Å²) in [7, 11) is 3.66. The molecule has 3 rings (SSSR count). The van der Waals surface area contributed by atoms with Crippen LogP contribution < -0.4 is 10.1 Å². The highest BCUT2D eigenvalue weighted by molar-refractivity contribution is 9.10. The van der Waals surface area contributed by atoms with Crippen LogP contribution in [0.3, 0.4) is 0 Å². The molecule has 0 saturated heterocycles. The Balaban J connectivity index is 1.89. The highest BCUT2D eigenvalue weighted by atomic mass is 79.9. The number of methoxy groups -OCH3 is 1. The first-order valence-electron chi connectivity index (χ1n) is 6.72. The first-order valence-corrected chi connectivity index (χ1v) is 7.52. The van der Waals surface area contributed by atoms with E-state index in [-0.39, 0.29) is 5.41 Å². The minimum atomic E-state index is 0.219. The van der Waals surface area contributed by atoms with Crippen molar-refractivity contribution in [3.8, 4) is 17.0 Å². The van der Waals surface area contributed by atoms with E-state index < -0.39 is 0 Å². The molecule has 0 bridgehead atoms. The van der Waals surface area contributed by atoms with Crippen LogP contribution in [-0.4, -0.2) is 30.7 Å². The molecule has 0 spiro atoms. The van der Waals surface area contributed by atoms with Crippen molar-refractivity contribution in [1.82, 2.24) is 15.3 Å². The molecule has 1 aromatic heterocycles. The number of aromatic nitrogens is 2. The Hall–Kier alpha value is -1.33. The third-order valence-electron chi connectivity index (χ3n) is 3.91. The fraction of sp³-hybridized carbons (Fsp3) is 0.400. The van der Waals surface area contributed by atoms with Gasteiger partial charge in [-0.15, -0.1) is 0 Å². The molecule has 2 aromatic rings. The Morgan fingerprint density at radius 2 is 2.25 bits per heavy atom. The summed E-state index contributed by atoms with van der Waals surface area (Å²) in [6, 6.07) is 6.05. The molecule has 20 heavy (non-hydrogen) atoms.